The number of hydrogen-bond donors (Lipinski definition) is 1. The van der Waals surface area contributed by atoms with Gasteiger partial charge in [0.05, 0.1) is 23.0 Å². The van der Waals surface area contributed by atoms with E-state index in [1.54, 1.807) is 11.3 Å². The lowest BCUT2D eigenvalue weighted by molar-refractivity contribution is 0.291. The number of anilines is 1. The van der Waals surface area contributed by atoms with Crippen molar-refractivity contribution in [1.82, 2.24) is 4.98 Å². The van der Waals surface area contributed by atoms with Crippen molar-refractivity contribution in [3.8, 4) is 17.0 Å². The Hall–Kier alpha value is -1.55. The summed E-state index contributed by atoms with van der Waals surface area (Å²) in [7, 11) is 0. The molecule has 0 amide bonds. The molecule has 0 saturated carbocycles. The molecule has 0 aliphatic carbocycles. The summed E-state index contributed by atoms with van der Waals surface area (Å²) >= 11 is 1.64. The fourth-order valence-corrected chi connectivity index (χ4v) is 2.36. The number of nitrogen functional groups attached to an aromatic ring is 1. The summed E-state index contributed by atoms with van der Waals surface area (Å²) in [4.78, 5) is 4.46. The van der Waals surface area contributed by atoms with Crippen LogP contribution in [0.2, 0.25) is 0 Å². The number of aromatic nitrogens is 1. The third kappa shape index (κ3) is 3.70. The Morgan fingerprint density at radius 3 is 2.74 bits per heavy atom. The molecule has 1 heterocycles. The Morgan fingerprint density at radius 1 is 1.37 bits per heavy atom. The molecule has 0 aliphatic heterocycles. The first-order valence-corrected chi connectivity index (χ1v) is 7.39. The highest BCUT2D eigenvalue weighted by Crippen LogP contribution is 2.29. The van der Waals surface area contributed by atoms with E-state index in [0.717, 1.165) is 28.4 Å². The monoisotopic (exact) mass is 276 g/mol. The van der Waals surface area contributed by atoms with Gasteiger partial charge in [-0.2, -0.15) is 0 Å². The summed E-state index contributed by atoms with van der Waals surface area (Å²) in [5, 5.41) is 3.11. The van der Waals surface area contributed by atoms with Crippen LogP contribution < -0.4 is 10.5 Å². The second-order valence-corrected chi connectivity index (χ2v) is 6.10. The topological polar surface area (TPSA) is 48.1 Å². The van der Waals surface area contributed by atoms with Crippen molar-refractivity contribution in [1.29, 1.82) is 0 Å². The second-order valence-electron chi connectivity index (χ2n) is 5.04. The predicted octanol–water partition coefficient (Wildman–Crippen LogP) is 4.13. The third-order valence-corrected chi connectivity index (χ3v) is 3.65. The summed E-state index contributed by atoms with van der Waals surface area (Å²) in [6.07, 6.45) is 1.03. The minimum atomic E-state index is 0.637. The van der Waals surface area contributed by atoms with Gasteiger partial charge >= 0.3 is 0 Å². The van der Waals surface area contributed by atoms with E-state index in [9.17, 15) is 0 Å². The SMILES string of the molecule is Cc1nc(-c2ccc(OCCC(C)C)c(N)c2)cs1. The van der Waals surface area contributed by atoms with E-state index in [4.69, 9.17) is 10.5 Å². The van der Waals surface area contributed by atoms with Crippen molar-refractivity contribution in [2.45, 2.75) is 27.2 Å². The molecule has 0 atom stereocenters. The molecule has 19 heavy (non-hydrogen) atoms. The Kier molecular flexibility index (Phi) is 4.43. The van der Waals surface area contributed by atoms with Crippen molar-refractivity contribution in [3.63, 3.8) is 0 Å². The maximum absolute atomic E-state index is 6.03. The van der Waals surface area contributed by atoms with Gasteiger partial charge in [-0.3, -0.25) is 0 Å². The molecule has 0 fully saturated rings. The molecule has 0 bridgehead atoms. The lowest BCUT2D eigenvalue weighted by Crippen LogP contribution is -2.03. The Labute approximate surface area is 118 Å². The molecular weight excluding hydrogens is 256 g/mol. The number of thiazole rings is 1. The molecule has 0 aliphatic rings. The fraction of sp³-hybridized carbons (Fsp3) is 0.400. The quantitative estimate of drug-likeness (QED) is 0.835. The molecule has 2 rings (SSSR count). The van der Waals surface area contributed by atoms with Crippen molar-refractivity contribution < 1.29 is 4.74 Å². The van der Waals surface area contributed by atoms with Gasteiger partial charge in [0.1, 0.15) is 5.75 Å². The largest absolute Gasteiger partial charge is 0.491 e. The molecule has 0 radical (unpaired) electrons. The summed E-state index contributed by atoms with van der Waals surface area (Å²) in [5.41, 5.74) is 8.72. The van der Waals surface area contributed by atoms with Crippen LogP contribution in [0.25, 0.3) is 11.3 Å². The van der Waals surface area contributed by atoms with E-state index in [0.29, 0.717) is 18.2 Å². The van der Waals surface area contributed by atoms with Crippen LogP contribution >= 0.6 is 11.3 Å². The van der Waals surface area contributed by atoms with Crippen LogP contribution in [-0.4, -0.2) is 11.6 Å². The first-order valence-electron chi connectivity index (χ1n) is 6.51. The van der Waals surface area contributed by atoms with Crippen LogP contribution in [0.4, 0.5) is 5.69 Å². The van der Waals surface area contributed by atoms with Crippen molar-refractivity contribution >= 4 is 17.0 Å². The zero-order valence-electron chi connectivity index (χ0n) is 11.6. The van der Waals surface area contributed by atoms with Gasteiger partial charge in [0, 0.05) is 10.9 Å². The Morgan fingerprint density at radius 2 is 2.16 bits per heavy atom. The highest BCUT2D eigenvalue weighted by molar-refractivity contribution is 7.09. The first kappa shape index (κ1) is 13.9. The number of nitrogens with zero attached hydrogens (tertiary/aromatic N) is 1. The van der Waals surface area contributed by atoms with E-state index < -0.39 is 0 Å². The number of ether oxygens (including phenoxy) is 1. The number of rotatable bonds is 5. The van der Waals surface area contributed by atoms with Crippen LogP contribution in [0, 0.1) is 12.8 Å². The van der Waals surface area contributed by atoms with E-state index in [1.807, 2.05) is 30.5 Å². The van der Waals surface area contributed by atoms with Crippen molar-refractivity contribution in [2.75, 3.05) is 12.3 Å². The average Bonchev–Trinajstić information content (AvgIpc) is 2.77. The highest BCUT2D eigenvalue weighted by Gasteiger charge is 2.06. The molecule has 0 unspecified atom stereocenters. The van der Waals surface area contributed by atoms with Gasteiger partial charge in [-0.25, -0.2) is 4.98 Å². The molecule has 1 aromatic carbocycles. The van der Waals surface area contributed by atoms with Crippen LogP contribution in [0.3, 0.4) is 0 Å². The van der Waals surface area contributed by atoms with Crippen LogP contribution in [0.1, 0.15) is 25.3 Å². The molecule has 1 aromatic heterocycles. The Bertz CT molecular complexity index is 549. The van der Waals surface area contributed by atoms with Gasteiger partial charge in [0.25, 0.3) is 0 Å². The van der Waals surface area contributed by atoms with Gasteiger partial charge in [-0.1, -0.05) is 13.8 Å². The van der Waals surface area contributed by atoms with E-state index in [-0.39, 0.29) is 0 Å². The molecular formula is C15H20N2OS. The number of hydrogen-bond acceptors (Lipinski definition) is 4. The minimum Gasteiger partial charge on any atom is -0.491 e. The first-order chi connectivity index (χ1) is 9.06. The maximum atomic E-state index is 6.03. The third-order valence-electron chi connectivity index (χ3n) is 2.88. The number of aryl methyl sites for hydroxylation is 1. The lowest BCUT2D eigenvalue weighted by atomic mass is 10.1. The normalized spacial score (nSPS) is 10.9. The molecule has 0 saturated heterocycles. The predicted molar refractivity (Wildman–Crippen MR) is 81.6 cm³/mol. The van der Waals surface area contributed by atoms with Crippen molar-refractivity contribution in [3.05, 3.63) is 28.6 Å². The zero-order valence-corrected chi connectivity index (χ0v) is 12.5. The highest BCUT2D eigenvalue weighted by atomic mass is 32.1. The molecule has 0 spiro atoms. The maximum Gasteiger partial charge on any atom is 0.142 e. The van der Waals surface area contributed by atoms with Crippen LogP contribution in [-0.2, 0) is 0 Å². The number of benzene rings is 1. The molecule has 3 nitrogen and oxygen atoms in total. The van der Waals surface area contributed by atoms with Gasteiger partial charge in [-0.15, -0.1) is 11.3 Å². The van der Waals surface area contributed by atoms with Gasteiger partial charge < -0.3 is 10.5 Å². The van der Waals surface area contributed by atoms with Crippen molar-refractivity contribution in [2.24, 2.45) is 5.92 Å². The molecule has 2 aromatic rings. The van der Waals surface area contributed by atoms with Crippen LogP contribution in [0.15, 0.2) is 23.6 Å². The number of nitrogens with two attached hydrogens (primary N) is 1. The second kappa shape index (κ2) is 6.06. The van der Waals surface area contributed by atoms with Gasteiger partial charge in [0.2, 0.25) is 0 Å². The minimum absolute atomic E-state index is 0.637. The summed E-state index contributed by atoms with van der Waals surface area (Å²) in [6, 6.07) is 5.87. The molecule has 4 heteroatoms. The molecule has 2 N–H and O–H groups in total. The van der Waals surface area contributed by atoms with Gasteiger partial charge in [-0.05, 0) is 37.5 Å². The Balaban J connectivity index is 2.09. The summed E-state index contributed by atoms with van der Waals surface area (Å²) in [5.74, 6) is 1.40. The smallest absolute Gasteiger partial charge is 0.142 e. The zero-order chi connectivity index (χ0) is 13.8. The van der Waals surface area contributed by atoms with E-state index >= 15 is 0 Å². The summed E-state index contributed by atoms with van der Waals surface area (Å²) in [6.45, 7) is 7.07. The standard InChI is InChI=1S/C15H20N2OS/c1-10(2)6-7-18-15-5-4-12(8-13(15)16)14-9-19-11(3)17-14/h4-5,8-10H,6-7,16H2,1-3H3. The summed E-state index contributed by atoms with van der Waals surface area (Å²) < 4.78 is 5.70. The lowest BCUT2D eigenvalue weighted by Gasteiger charge is -2.11. The molecule has 102 valence electrons. The van der Waals surface area contributed by atoms with Crippen LogP contribution in [0.5, 0.6) is 5.75 Å². The fourth-order valence-electron chi connectivity index (χ4n) is 1.74. The van der Waals surface area contributed by atoms with E-state index in [1.165, 1.54) is 0 Å². The van der Waals surface area contributed by atoms with E-state index in [2.05, 4.69) is 18.8 Å². The van der Waals surface area contributed by atoms with Gasteiger partial charge in [0.15, 0.2) is 0 Å². The average molecular weight is 276 g/mol.